The molecule has 0 aliphatic heterocycles. The van der Waals surface area contributed by atoms with Crippen LogP contribution in [0.25, 0.3) is 0 Å². The third-order valence-electron chi connectivity index (χ3n) is 3.65. The molecule has 17 heavy (non-hydrogen) atoms. The van der Waals surface area contributed by atoms with Gasteiger partial charge < -0.3 is 0 Å². The molecular weight excluding hydrogens is 204 g/mol. The average Bonchev–Trinajstić information content (AvgIpc) is 2.76. The second kappa shape index (κ2) is 4.37. The molecule has 0 radical (unpaired) electrons. The summed E-state index contributed by atoms with van der Waals surface area (Å²) in [4.78, 5) is 0. The van der Waals surface area contributed by atoms with Crippen LogP contribution < -0.4 is 0 Å². The number of benzene rings is 2. The Labute approximate surface area is 103 Å². The van der Waals surface area contributed by atoms with E-state index in [1.807, 2.05) is 0 Å². The van der Waals surface area contributed by atoms with Crippen LogP contribution in [0.3, 0.4) is 0 Å². The van der Waals surface area contributed by atoms with Crippen LogP contribution in [0.15, 0.2) is 42.5 Å². The summed E-state index contributed by atoms with van der Waals surface area (Å²) in [6.07, 6.45) is 4.95. The van der Waals surface area contributed by atoms with Gasteiger partial charge in [-0.25, -0.2) is 0 Å². The molecule has 0 saturated carbocycles. The monoisotopic (exact) mass is 222 g/mol. The van der Waals surface area contributed by atoms with Gasteiger partial charge in [-0.3, -0.25) is 0 Å². The molecule has 0 amide bonds. The van der Waals surface area contributed by atoms with Crippen molar-refractivity contribution >= 4 is 0 Å². The molecule has 0 heteroatoms. The third-order valence-corrected chi connectivity index (χ3v) is 3.65. The zero-order valence-electron chi connectivity index (χ0n) is 10.4. The summed E-state index contributed by atoms with van der Waals surface area (Å²) in [6, 6.07) is 15.8. The van der Waals surface area contributed by atoms with E-state index in [-0.39, 0.29) is 0 Å². The fourth-order valence-corrected chi connectivity index (χ4v) is 2.79. The van der Waals surface area contributed by atoms with E-state index < -0.39 is 0 Å². The number of aryl methyl sites for hydroxylation is 3. The van der Waals surface area contributed by atoms with Gasteiger partial charge in [0.1, 0.15) is 0 Å². The van der Waals surface area contributed by atoms with Crippen LogP contribution in [0.5, 0.6) is 0 Å². The molecule has 0 nitrogen and oxygen atoms in total. The van der Waals surface area contributed by atoms with E-state index in [0.717, 1.165) is 6.42 Å². The van der Waals surface area contributed by atoms with E-state index in [1.54, 1.807) is 11.1 Å². The molecule has 0 saturated heterocycles. The first kappa shape index (κ1) is 10.6. The van der Waals surface area contributed by atoms with Gasteiger partial charge in [-0.2, -0.15) is 0 Å². The van der Waals surface area contributed by atoms with Gasteiger partial charge in [0.05, 0.1) is 0 Å². The summed E-state index contributed by atoms with van der Waals surface area (Å²) in [5.74, 6) is 0. The van der Waals surface area contributed by atoms with Gasteiger partial charge in [0.25, 0.3) is 0 Å². The Morgan fingerprint density at radius 1 is 0.882 bits per heavy atom. The largest absolute Gasteiger partial charge is 0.0617 e. The van der Waals surface area contributed by atoms with Gasteiger partial charge in [0.15, 0.2) is 0 Å². The lowest BCUT2D eigenvalue weighted by molar-refractivity contribution is 0.911. The number of hydrogen-bond donors (Lipinski definition) is 0. The molecule has 3 rings (SSSR count). The summed E-state index contributed by atoms with van der Waals surface area (Å²) in [5.41, 5.74) is 7.37. The van der Waals surface area contributed by atoms with Crippen LogP contribution in [0.2, 0.25) is 0 Å². The molecule has 1 aliphatic rings. The quantitative estimate of drug-likeness (QED) is 0.718. The zero-order chi connectivity index (χ0) is 11.7. The Hall–Kier alpha value is -1.56. The maximum Gasteiger partial charge on any atom is -0.00256 e. The topological polar surface area (TPSA) is 0 Å². The molecule has 1 aliphatic carbocycles. The highest BCUT2D eigenvalue weighted by Crippen LogP contribution is 2.24. The summed E-state index contributed by atoms with van der Waals surface area (Å²) in [5, 5.41) is 0. The summed E-state index contributed by atoms with van der Waals surface area (Å²) in [7, 11) is 0. The van der Waals surface area contributed by atoms with E-state index in [0.29, 0.717) is 0 Å². The summed E-state index contributed by atoms with van der Waals surface area (Å²) >= 11 is 0. The maximum atomic E-state index is 2.41. The molecule has 0 heterocycles. The van der Waals surface area contributed by atoms with Crippen molar-refractivity contribution in [1.29, 1.82) is 0 Å². The van der Waals surface area contributed by atoms with Gasteiger partial charge in [-0.1, -0.05) is 48.0 Å². The fourth-order valence-electron chi connectivity index (χ4n) is 2.79. The van der Waals surface area contributed by atoms with Crippen molar-refractivity contribution in [2.24, 2.45) is 0 Å². The lowest BCUT2D eigenvalue weighted by atomic mass is 10.00. The Bertz CT molecular complexity index is 537. The lowest BCUT2D eigenvalue weighted by Crippen LogP contribution is -1.91. The van der Waals surface area contributed by atoms with Gasteiger partial charge in [0, 0.05) is 0 Å². The van der Waals surface area contributed by atoms with Crippen molar-refractivity contribution in [3.05, 3.63) is 70.3 Å². The van der Waals surface area contributed by atoms with Crippen LogP contribution in [0.1, 0.15) is 34.2 Å². The molecule has 2 aromatic carbocycles. The van der Waals surface area contributed by atoms with E-state index in [4.69, 9.17) is 0 Å². The van der Waals surface area contributed by atoms with Gasteiger partial charge in [-0.15, -0.1) is 0 Å². The number of hydrogen-bond acceptors (Lipinski definition) is 0. The molecular formula is C17H18. The highest BCUT2D eigenvalue weighted by atomic mass is 14.2. The zero-order valence-corrected chi connectivity index (χ0v) is 10.4. The summed E-state index contributed by atoms with van der Waals surface area (Å²) in [6.45, 7) is 2.16. The molecule has 0 fully saturated rings. The van der Waals surface area contributed by atoms with Crippen LogP contribution in [-0.4, -0.2) is 0 Å². The SMILES string of the molecule is Cc1cccc(Cc2ccc3c(c2)CCC3)c1. The van der Waals surface area contributed by atoms with Crippen molar-refractivity contribution in [1.82, 2.24) is 0 Å². The lowest BCUT2D eigenvalue weighted by Gasteiger charge is -2.06. The fraction of sp³-hybridized carbons (Fsp3) is 0.294. The molecule has 0 atom stereocenters. The molecule has 0 N–H and O–H groups in total. The first-order chi connectivity index (χ1) is 8.31. The number of fused-ring (bicyclic) bond motifs is 1. The molecule has 86 valence electrons. The Morgan fingerprint density at radius 2 is 1.71 bits per heavy atom. The first-order valence-corrected chi connectivity index (χ1v) is 6.47. The minimum Gasteiger partial charge on any atom is -0.0617 e. The molecule has 0 bridgehead atoms. The van der Waals surface area contributed by atoms with E-state index in [2.05, 4.69) is 49.4 Å². The highest BCUT2D eigenvalue weighted by Gasteiger charge is 2.10. The average molecular weight is 222 g/mol. The molecule has 0 aromatic heterocycles. The van der Waals surface area contributed by atoms with Crippen molar-refractivity contribution in [3.63, 3.8) is 0 Å². The minimum absolute atomic E-state index is 1.06. The smallest absolute Gasteiger partial charge is 0.00256 e. The first-order valence-electron chi connectivity index (χ1n) is 6.47. The molecule has 0 spiro atoms. The standard InChI is InChI=1S/C17H18/c1-13-4-2-5-14(10-13)11-15-8-9-16-6-3-7-17(16)12-15/h2,4-5,8-10,12H,3,6-7,11H2,1H3. The van der Waals surface area contributed by atoms with Crippen LogP contribution in [0.4, 0.5) is 0 Å². The van der Waals surface area contributed by atoms with Crippen molar-refractivity contribution in [2.75, 3.05) is 0 Å². The third kappa shape index (κ3) is 2.26. The number of rotatable bonds is 2. The van der Waals surface area contributed by atoms with Crippen LogP contribution >= 0.6 is 0 Å². The molecule has 0 unspecified atom stereocenters. The highest BCUT2D eigenvalue weighted by molar-refractivity contribution is 5.37. The van der Waals surface area contributed by atoms with Crippen molar-refractivity contribution < 1.29 is 0 Å². The van der Waals surface area contributed by atoms with Gasteiger partial charge >= 0.3 is 0 Å². The predicted molar refractivity (Wildman–Crippen MR) is 72.5 cm³/mol. The van der Waals surface area contributed by atoms with Crippen LogP contribution in [-0.2, 0) is 19.3 Å². The second-order valence-corrected chi connectivity index (χ2v) is 5.12. The van der Waals surface area contributed by atoms with E-state index in [9.17, 15) is 0 Å². The normalized spacial score (nSPS) is 13.7. The van der Waals surface area contributed by atoms with Gasteiger partial charge in [-0.05, 0) is 54.9 Å². The van der Waals surface area contributed by atoms with E-state index in [1.165, 1.54) is 36.0 Å². The van der Waals surface area contributed by atoms with Gasteiger partial charge in [0.2, 0.25) is 0 Å². The van der Waals surface area contributed by atoms with Crippen molar-refractivity contribution in [2.45, 2.75) is 32.6 Å². The van der Waals surface area contributed by atoms with E-state index >= 15 is 0 Å². The Morgan fingerprint density at radius 3 is 2.59 bits per heavy atom. The van der Waals surface area contributed by atoms with Crippen molar-refractivity contribution in [3.8, 4) is 0 Å². The summed E-state index contributed by atoms with van der Waals surface area (Å²) < 4.78 is 0. The Kier molecular flexibility index (Phi) is 2.72. The minimum atomic E-state index is 1.06. The van der Waals surface area contributed by atoms with Crippen LogP contribution in [0, 0.1) is 6.92 Å². The Balaban J connectivity index is 1.86. The maximum absolute atomic E-state index is 2.41. The predicted octanol–water partition coefficient (Wildman–Crippen LogP) is 4.07. The molecule has 2 aromatic rings. The second-order valence-electron chi connectivity index (χ2n) is 5.12.